The highest BCUT2D eigenvalue weighted by molar-refractivity contribution is 7.93. The molecule has 162 valence electrons. The molecule has 0 aliphatic heterocycles. The van der Waals surface area contributed by atoms with E-state index in [-0.39, 0.29) is 17.4 Å². The molecule has 0 spiro atoms. The molecule has 31 heavy (non-hydrogen) atoms. The van der Waals surface area contributed by atoms with Crippen LogP contribution in [0, 0.1) is 29.3 Å². The lowest BCUT2D eigenvalue weighted by Crippen LogP contribution is -2.33. The van der Waals surface area contributed by atoms with Crippen LogP contribution in [0.1, 0.15) is 16.8 Å². The average molecular weight is 462 g/mol. The van der Waals surface area contributed by atoms with Gasteiger partial charge in [0.1, 0.15) is 15.8 Å². The molecule has 2 aromatic carbocycles. The molecule has 2 unspecified atom stereocenters. The van der Waals surface area contributed by atoms with Gasteiger partial charge in [0, 0.05) is 24.8 Å². The Kier molecular flexibility index (Phi) is 5.43. The number of aromatic nitrogens is 1. The fourth-order valence-electron chi connectivity index (χ4n) is 3.92. The smallest absolute Gasteiger partial charge is 0.232 e. The summed E-state index contributed by atoms with van der Waals surface area (Å²) in [6.45, 7) is 1.68. The molecule has 0 fully saturated rings. The number of nitrogens with zero attached hydrogens (tertiary/aromatic N) is 2. The van der Waals surface area contributed by atoms with Crippen molar-refractivity contribution in [3.63, 3.8) is 0 Å². The molecule has 3 aromatic rings. The molecular formula is C22H21F2N3O2S2. The first-order chi connectivity index (χ1) is 14.5. The zero-order valence-electron chi connectivity index (χ0n) is 17.2. The minimum Gasteiger partial charge on any atom is -0.291 e. The van der Waals surface area contributed by atoms with E-state index in [2.05, 4.69) is 4.98 Å². The van der Waals surface area contributed by atoms with Crippen molar-refractivity contribution in [2.45, 2.75) is 24.0 Å². The van der Waals surface area contributed by atoms with Crippen LogP contribution >= 0.6 is 11.3 Å². The van der Waals surface area contributed by atoms with Gasteiger partial charge in [0.05, 0.1) is 15.4 Å². The highest BCUT2D eigenvalue weighted by Gasteiger charge is 2.32. The van der Waals surface area contributed by atoms with Gasteiger partial charge < -0.3 is 0 Å². The van der Waals surface area contributed by atoms with Crippen molar-refractivity contribution in [2.24, 2.45) is 5.92 Å². The fourth-order valence-corrected chi connectivity index (χ4v) is 6.16. The van der Waals surface area contributed by atoms with Gasteiger partial charge in [0.2, 0.25) is 5.91 Å². The summed E-state index contributed by atoms with van der Waals surface area (Å²) in [4.78, 5) is 18.9. The van der Waals surface area contributed by atoms with Gasteiger partial charge in [-0.05, 0) is 54.7 Å². The minimum absolute atomic E-state index is 0.123. The Bertz CT molecular complexity index is 1300. The van der Waals surface area contributed by atoms with Crippen LogP contribution in [0.5, 0.6) is 0 Å². The number of carbonyl (C=O) groups excluding carboxylic acids is 1. The van der Waals surface area contributed by atoms with E-state index >= 15 is 0 Å². The van der Waals surface area contributed by atoms with Crippen molar-refractivity contribution in [1.82, 2.24) is 4.98 Å². The normalized spacial score (nSPS) is 17.3. The third-order valence-corrected chi connectivity index (χ3v) is 8.68. The van der Waals surface area contributed by atoms with Crippen LogP contribution in [-0.4, -0.2) is 28.4 Å². The molecule has 0 saturated heterocycles. The molecule has 0 bridgehead atoms. The molecule has 1 aromatic heterocycles. The number of amides is 1. The maximum absolute atomic E-state index is 14.2. The number of anilines is 1. The highest BCUT2D eigenvalue weighted by Crippen LogP contribution is 2.35. The molecule has 1 N–H and O–H groups in total. The predicted octanol–water partition coefficient (Wildman–Crippen LogP) is 4.81. The summed E-state index contributed by atoms with van der Waals surface area (Å²) < 4.78 is 48.0. The first-order valence-corrected chi connectivity index (χ1v) is 12.4. The van der Waals surface area contributed by atoms with E-state index in [1.54, 1.807) is 20.0 Å². The Balaban J connectivity index is 1.56. The third kappa shape index (κ3) is 4.12. The second-order valence-electron chi connectivity index (χ2n) is 7.82. The number of nitrogens with one attached hydrogen (secondary N) is 1. The van der Waals surface area contributed by atoms with E-state index < -0.39 is 21.4 Å². The van der Waals surface area contributed by atoms with Gasteiger partial charge in [0.15, 0.2) is 5.13 Å². The standard InChI is InChI=1S/C22H21F2N3O2S2/c1-12-21(31(3,25)29)30-22(26-12)27(2)20(28)16-8-13-4-5-14(9-15(13)10-16)18-11-17(23)6-7-19(18)24/h4-7,9,11,16,25H,8,10H2,1-3H3. The molecule has 0 radical (unpaired) electrons. The summed E-state index contributed by atoms with van der Waals surface area (Å²) in [6, 6.07) is 8.78. The lowest BCUT2D eigenvalue weighted by Gasteiger charge is -2.18. The zero-order chi connectivity index (χ0) is 22.5. The topological polar surface area (TPSA) is 74.1 Å². The zero-order valence-corrected chi connectivity index (χ0v) is 18.9. The Morgan fingerprint density at radius 3 is 2.58 bits per heavy atom. The first kappa shape index (κ1) is 21.6. The van der Waals surface area contributed by atoms with Gasteiger partial charge in [-0.2, -0.15) is 0 Å². The Morgan fingerprint density at radius 1 is 1.19 bits per heavy atom. The van der Waals surface area contributed by atoms with Crippen LogP contribution in [0.4, 0.5) is 13.9 Å². The van der Waals surface area contributed by atoms with Crippen LogP contribution < -0.4 is 4.90 Å². The second-order valence-corrected chi connectivity index (χ2v) is 11.2. The number of benzene rings is 2. The molecule has 4 rings (SSSR count). The van der Waals surface area contributed by atoms with Crippen molar-refractivity contribution < 1.29 is 17.8 Å². The molecule has 5 nitrogen and oxygen atoms in total. The Morgan fingerprint density at radius 2 is 1.90 bits per heavy atom. The molecule has 1 heterocycles. The van der Waals surface area contributed by atoms with Crippen molar-refractivity contribution in [1.29, 1.82) is 4.78 Å². The van der Waals surface area contributed by atoms with Crippen molar-refractivity contribution >= 4 is 32.1 Å². The number of fused-ring (bicyclic) bond motifs is 1. The highest BCUT2D eigenvalue weighted by atomic mass is 32.2. The molecule has 9 heteroatoms. The molecular weight excluding hydrogens is 440 g/mol. The molecule has 1 aliphatic rings. The summed E-state index contributed by atoms with van der Waals surface area (Å²) in [5, 5.41) is 0.415. The maximum atomic E-state index is 14.2. The summed E-state index contributed by atoms with van der Waals surface area (Å²) in [5.74, 6) is -1.43. The number of thiazole rings is 1. The number of hydrogen-bond acceptors (Lipinski definition) is 5. The van der Waals surface area contributed by atoms with Crippen LogP contribution in [0.2, 0.25) is 0 Å². The average Bonchev–Trinajstić information content (AvgIpc) is 3.31. The summed E-state index contributed by atoms with van der Waals surface area (Å²) >= 11 is 1.10. The number of carbonyl (C=O) groups is 1. The molecule has 0 saturated carbocycles. The van der Waals surface area contributed by atoms with E-state index in [9.17, 15) is 17.8 Å². The molecule has 1 aliphatic carbocycles. The summed E-state index contributed by atoms with van der Waals surface area (Å²) in [6.07, 6.45) is 2.37. The van der Waals surface area contributed by atoms with Crippen molar-refractivity contribution in [3.05, 3.63) is 64.9 Å². The largest absolute Gasteiger partial charge is 0.291 e. The van der Waals surface area contributed by atoms with Crippen LogP contribution in [-0.2, 0) is 27.4 Å². The van der Waals surface area contributed by atoms with E-state index in [1.807, 2.05) is 12.1 Å². The monoisotopic (exact) mass is 461 g/mol. The third-order valence-electron chi connectivity index (χ3n) is 5.44. The minimum atomic E-state index is -2.91. The van der Waals surface area contributed by atoms with Crippen molar-refractivity contribution in [2.75, 3.05) is 18.2 Å². The number of rotatable bonds is 4. The van der Waals surface area contributed by atoms with E-state index in [0.717, 1.165) is 34.6 Å². The number of aryl methyl sites for hydroxylation is 1. The van der Waals surface area contributed by atoms with Crippen LogP contribution in [0.15, 0.2) is 40.6 Å². The Labute approximate surface area is 183 Å². The van der Waals surface area contributed by atoms with E-state index in [0.29, 0.717) is 33.4 Å². The lowest BCUT2D eigenvalue weighted by molar-refractivity contribution is -0.121. The van der Waals surface area contributed by atoms with E-state index in [1.165, 1.54) is 17.2 Å². The molecule has 1 amide bonds. The summed E-state index contributed by atoms with van der Waals surface area (Å²) in [5.41, 5.74) is 3.21. The second kappa shape index (κ2) is 7.80. The van der Waals surface area contributed by atoms with Gasteiger partial charge in [-0.1, -0.05) is 29.5 Å². The maximum Gasteiger partial charge on any atom is 0.232 e. The van der Waals surface area contributed by atoms with Crippen LogP contribution in [0.3, 0.4) is 0 Å². The first-order valence-electron chi connectivity index (χ1n) is 9.60. The SMILES string of the molecule is Cc1nc(N(C)C(=O)C2Cc3ccc(-c4cc(F)ccc4F)cc3C2)sc1S(C)(=N)=O. The van der Waals surface area contributed by atoms with E-state index in [4.69, 9.17) is 4.78 Å². The van der Waals surface area contributed by atoms with Gasteiger partial charge in [0.25, 0.3) is 0 Å². The summed E-state index contributed by atoms with van der Waals surface area (Å²) in [7, 11) is -1.28. The number of hydrogen-bond donors (Lipinski definition) is 1. The molecule has 2 atom stereocenters. The lowest BCUT2D eigenvalue weighted by atomic mass is 10.00. The van der Waals surface area contributed by atoms with Gasteiger partial charge in [-0.3, -0.25) is 9.69 Å². The van der Waals surface area contributed by atoms with Crippen LogP contribution in [0.25, 0.3) is 11.1 Å². The predicted molar refractivity (Wildman–Crippen MR) is 118 cm³/mol. The quantitative estimate of drug-likeness (QED) is 0.606. The van der Waals surface area contributed by atoms with Gasteiger partial charge >= 0.3 is 0 Å². The van der Waals surface area contributed by atoms with Gasteiger partial charge in [-0.15, -0.1) is 0 Å². The number of halogens is 2. The Hall–Kier alpha value is -2.65. The van der Waals surface area contributed by atoms with Crippen molar-refractivity contribution in [3.8, 4) is 11.1 Å². The fraction of sp³-hybridized carbons (Fsp3) is 0.273. The van der Waals surface area contributed by atoms with Gasteiger partial charge in [-0.25, -0.2) is 22.8 Å².